The second-order valence-electron chi connectivity index (χ2n) is 3.89. The van der Waals surface area contributed by atoms with E-state index in [9.17, 15) is 0 Å². The van der Waals surface area contributed by atoms with Gasteiger partial charge in [0.05, 0.1) is 6.04 Å². The van der Waals surface area contributed by atoms with Crippen LogP contribution in [0.4, 0.5) is 11.9 Å². The number of thiazole rings is 1. The van der Waals surface area contributed by atoms with E-state index in [0.29, 0.717) is 11.9 Å². The third-order valence-corrected chi connectivity index (χ3v) is 3.39. The Balaban J connectivity index is 1.87. The van der Waals surface area contributed by atoms with Crippen LogP contribution in [0.1, 0.15) is 18.0 Å². The molecule has 0 aliphatic rings. The van der Waals surface area contributed by atoms with Crippen molar-refractivity contribution in [3.05, 3.63) is 29.2 Å². The number of hydrogen-bond acceptors (Lipinski definition) is 9. The van der Waals surface area contributed by atoms with Gasteiger partial charge in [0.2, 0.25) is 11.9 Å². The topological polar surface area (TPSA) is 120 Å². The summed E-state index contributed by atoms with van der Waals surface area (Å²) in [6.07, 6.45) is 4.63. The SMILES string of the molecule is CC(Nc1nc(N)nc(-n2cncn2)n1)c1nccs1. The smallest absolute Gasteiger partial charge is 0.258 e. The van der Waals surface area contributed by atoms with E-state index < -0.39 is 0 Å². The standard InChI is InChI=1S/C10H11N9S/c1-6(7-13-2-3-20-7)15-9-16-8(11)17-10(18-9)19-5-12-4-14-19/h2-6H,1H3,(H3,11,15,16,17,18). The van der Waals surface area contributed by atoms with Crippen LogP contribution in [0.25, 0.3) is 5.95 Å². The fourth-order valence-electron chi connectivity index (χ4n) is 1.56. The molecule has 0 bridgehead atoms. The summed E-state index contributed by atoms with van der Waals surface area (Å²) in [7, 11) is 0. The Morgan fingerprint density at radius 2 is 2.25 bits per heavy atom. The van der Waals surface area contributed by atoms with Crippen molar-refractivity contribution < 1.29 is 0 Å². The lowest BCUT2D eigenvalue weighted by molar-refractivity contribution is 0.784. The van der Waals surface area contributed by atoms with Gasteiger partial charge >= 0.3 is 0 Å². The summed E-state index contributed by atoms with van der Waals surface area (Å²) in [6, 6.07) is -0.0274. The fourth-order valence-corrected chi connectivity index (χ4v) is 2.21. The maximum atomic E-state index is 5.68. The van der Waals surface area contributed by atoms with Gasteiger partial charge in [-0.3, -0.25) is 0 Å². The average Bonchev–Trinajstić information content (AvgIpc) is 3.12. The number of anilines is 2. The van der Waals surface area contributed by atoms with Crippen molar-refractivity contribution in [3.8, 4) is 5.95 Å². The molecule has 0 aliphatic heterocycles. The molecule has 0 radical (unpaired) electrons. The highest BCUT2D eigenvalue weighted by atomic mass is 32.1. The first kappa shape index (κ1) is 12.4. The third-order valence-electron chi connectivity index (χ3n) is 2.43. The Bertz CT molecular complexity index is 679. The van der Waals surface area contributed by atoms with Crippen LogP contribution in [0, 0.1) is 0 Å². The van der Waals surface area contributed by atoms with Crippen molar-refractivity contribution >= 4 is 23.2 Å². The van der Waals surface area contributed by atoms with Crippen molar-refractivity contribution in [3.63, 3.8) is 0 Å². The largest absolute Gasteiger partial charge is 0.368 e. The zero-order chi connectivity index (χ0) is 13.9. The van der Waals surface area contributed by atoms with Gasteiger partial charge in [0.1, 0.15) is 17.7 Å². The molecule has 0 spiro atoms. The molecule has 0 amide bonds. The summed E-state index contributed by atoms with van der Waals surface area (Å²) in [6.45, 7) is 1.97. The van der Waals surface area contributed by atoms with Crippen LogP contribution in [0.3, 0.4) is 0 Å². The first-order chi connectivity index (χ1) is 9.72. The molecule has 10 heteroatoms. The molecule has 3 rings (SSSR count). The molecule has 20 heavy (non-hydrogen) atoms. The highest BCUT2D eigenvalue weighted by molar-refractivity contribution is 7.09. The van der Waals surface area contributed by atoms with Gasteiger partial charge in [0.25, 0.3) is 5.95 Å². The van der Waals surface area contributed by atoms with Crippen LogP contribution in [0.15, 0.2) is 24.2 Å². The van der Waals surface area contributed by atoms with Gasteiger partial charge in [-0.15, -0.1) is 11.3 Å². The van der Waals surface area contributed by atoms with Crippen LogP contribution in [0.5, 0.6) is 0 Å². The first-order valence-corrected chi connectivity index (χ1v) is 6.63. The van der Waals surface area contributed by atoms with E-state index in [-0.39, 0.29) is 12.0 Å². The second-order valence-corrected chi connectivity index (χ2v) is 4.82. The Hall–Kier alpha value is -2.62. The van der Waals surface area contributed by atoms with E-state index >= 15 is 0 Å². The van der Waals surface area contributed by atoms with Gasteiger partial charge in [0, 0.05) is 11.6 Å². The summed E-state index contributed by atoms with van der Waals surface area (Å²) in [5.74, 6) is 0.786. The Morgan fingerprint density at radius 1 is 1.35 bits per heavy atom. The van der Waals surface area contributed by atoms with Crippen molar-refractivity contribution in [2.75, 3.05) is 11.1 Å². The van der Waals surface area contributed by atoms with E-state index in [1.54, 1.807) is 17.5 Å². The average molecular weight is 289 g/mol. The second kappa shape index (κ2) is 5.17. The quantitative estimate of drug-likeness (QED) is 0.718. The van der Waals surface area contributed by atoms with Crippen LogP contribution in [-0.2, 0) is 0 Å². The summed E-state index contributed by atoms with van der Waals surface area (Å²) in [5, 5.41) is 9.94. The predicted molar refractivity (Wildman–Crippen MR) is 73.3 cm³/mol. The van der Waals surface area contributed by atoms with E-state index in [0.717, 1.165) is 5.01 Å². The van der Waals surface area contributed by atoms with Crippen LogP contribution < -0.4 is 11.1 Å². The number of nitrogens with one attached hydrogen (secondary N) is 1. The zero-order valence-corrected chi connectivity index (χ0v) is 11.3. The molecule has 0 aliphatic carbocycles. The minimum absolute atomic E-state index is 0.0274. The normalized spacial score (nSPS) is 12.2. The first-order valence-electron chi connectivity index (χ1n) is 5.75. The van der Waals surface area contributed by atoms with E-state index in [4.69, 9.17) is 5.73 Å². The van der Waals surface area contributed by atoms with Crippen molar-refractivity contribution in [1.29, 1.82) is 0 Å². The summed E-state index contributed by atoms with van der Waals surface area (Å²) in [4.78, 5) is 20.4. The molecule has 0 saturated carbocycles. The minimum Gasteiger partial charge on any atom is -0.368 e. The molecule has 3 aromatic heterocycles. The Morgan fingerprint density at radius 3 is 2.95 bits per heavy atom. The van der Waals surface area contributed by atoms with Gasteiger partial charge < -0.3 is 11.1 Å². The van der Waals surface area contributed by atoms with Gasteiger partial charge in [-0.25, -0.2) is 9.97 Å². The Labute approximate surface area is 118 Å². The highest BCUT2D eigenvalue weighted by Gasteiger charge is 2.12. The third kappa shape index (κ3) is 2.54. The lowest BCUT2D eigenvalue weighted by Crippen LogP contribution is -2.14. The Kier molecular flexibility index (Phi) is 3.21. The van der Waals surface area contributed by atoms with Gasteiger partial charge in [-0.2, -0.15) is 24.7 Å². The van der Waals surface area contributed by atoms with E-state index in [1.165, 1.54) is 17.3 Å². The van der Waals surface area contributed by atoms with Crippen LogP contribution in [-0.4, -0.2) is 34.7 Å². The molecular formula is C10H11N9S. The molecular weight excluding hydrogens is 278 g/mol. The maximum Gasteiger partial charge on any atom is 0.258 e. The van der Waals surface area contributed by atoms with Crippen molar-refractivity contribution in [2.24, 2.45) is 0 Å². The summed E-state index contributed by atoms with van der Waals surface area (Å²) >= 11 is 1.55. The number of aromatic nitrogens is 7. The number of nitrogen functional groups attached to an aromatic ring is 1. The van der Waals surface area contributed by atoms with Crippen molar-refractivity contribution in [2.45, 2.75) is 13.0 Å². The molecule has 0 saturated heterocycles. The van der Waals surface area contributed by atoms with E-state index in [1.807, 2.05) is 12.3 Å². The van der Waals surface area contributed by atoms with Crippen LogP contribution in [0.2, 0.25) is 0 Å². The lowest BCUT2D eigenvalue weighted by atomic mass is 10.4. The van der Waals surface area contributed by atoms with Gasteiger partial charge in [0.15, 0.2) is 0 Å². The maximum absolute atomic E-state index is 5.68. The highest BCUT2D eigenvalue weighted by Crippen LogP contribution is 2.19. The summed E-state index contributed by atoms with van der Waals surface area (Å²) < 4.78 is 1.41. The lowest BCUT2D eigenvalue weighted by Gasteiger charge is -2.11. The summed E-state index contributed by atoms with van der Waals surface area (Å²) in [5.41, 5.74) is 5.68. The molecule has 1 unspecified atom stereocenters. The predicted octanol–water partition coefficient (Wildman–Crippen LogP) is 0.664. The molecule has 0 aromatic carbocycles. The molecule has 3 N–H and O–H groups in total. The molecule has 0 fully saturated rings. The van der Waals surface area contributed by atoms with Crippen molar-refractivity contribution in [1.82, 2.24) is 34.7 Å². The number of hydrogen-bond donors (Lipinski definition) is 2. The van der Waals surface area contributed by atoms with E-state index in [2.05, 4.69) is 35.3 Å². The molecule has 9 nitrogen and oxygen atoms in total. The van der Waals surface area contributed by atoms with Crippen LogP contribution >= 0.6 is 11.3 Å². The minimum atomic E-state index is -0.0274. The van der Waals surface area contributed by atoms with Gasteiger partial charge in [-0.1, -0.05) is 0 Å². The molecule has 3 heterocycles. The molecule has 1 atom stereocenters. The number of nitrogens with two attached hydrogens (primary N) is 1. The van der Waals surface area contributed by atoms with Gasteiger partial charge in [-0.05, 0) is 6.92 Å². The zero-order valence-electron chi connectivity index (χ0n) is 10.5. The molecule has 102 valence electrons. The number of nitrogens with zero attached hydrogens (tertiary/aromatic N) is 7. The number of rotatable bonds is 4. The monoisotopic (exact) mass is 289 g/mol. The molecule has 3 aromatic rings. The fraction of sp³-hybridized carbons (Fsp3) is 0.200.